The number of aliphatic hydroxyl groups is 1. The predicted octanol–water partition coefficient (Wildman–Crippen LogP) is 7.46. The van der Waals surface area contributed by atoms with Crippen molar-refractivity contribution in [1.82, 2.24) is 9.80 Å². The maximum absolute atomic E-state index is 13.4. The third kappa shape index (κ3) is 10.5. The summed E-state index contributed by atoms with van der Waals surface area (Å²) in [4.78, 5) is 44.3. The Labute approximate surface area is 353 Å². The molecule has 4 aliphatic rings. The molecule has 1 unspecified atom stereocenters. The van der Waals surface area contributed by atoms with Gasteiger partial charge in [-0.1, -0.05) is 30.8 Å². The van der Waals surface area contributed by atoms with Crippen LogP contribution in [0.25, 0.3) is 5.32 Å². The summed E-state index contributed by atoms with van der Waals surface area (Å²) in [6.45, 7) is 12.3. The second kappa shape index (κ2) is 19.8. The average molecular weight is 846 g/mol. The number of allylic oxidation sites excluding steroid dienone is 4. The summed E-state index contributed by atoms with van der Waals surface area (Å²) in [5, 5.41) is 15.3. The number of aliphatic hydroxyl groups excluding tert-OH is 1. The van der Waals surface area contributed by atoms with Crippen molar-refractivity contribution in [2.45, 2.75) is 76.9 Å². The Morgan fingerprint density at radius 1 is 0.964 bits per heavy atom. The van der Waals surface area contributed by atoms with Crippen LogP contribution in [-0.4, -0.2) is 95.7 Å². The van der Waals surface area contributed by atoms with E-state index in [4.69, 9.17) is 14.2 Å². The minimum atomic E-state index is -1.04. The van der Waals surface area contributed by atoms with Gasteiger partial charge in [0.15, 0.2) is 11.5 Å². The summed E-state index contributed by atoms with van der Waals surface area (Å²) < 4.78 is 22.2. The first kappa shape index (κ1) is 43.8. The summed E-state index contributed by atoms with van der Waals surface area (Å²) in [6, 6.07) is 6.36. The number of thioether (sulfide) groups is 1. The third-order valence-corrected chi connectivity index (χ3v) is 10.5. The Balaban J connectivity index is 0.000000600. The number of hydrogen-bond donors (Lipinski definition) is 1. The Morgan fingerprint density at radius 3 is 2.27 bits per heavy atom. The van der Waals surface area contributed by atoms with Crippen LogP contribution in [0.15, 0.2) is 77.1 Å². The summed E-state index contributed by atoms with van der Waals surface area (Å²) in [5.41, 5.74) is 4.71. The van der Waals surface area contributed by atoms with Gasteiger partial charge in [0.2, 0.25) is 0 Å². The minimum Gasteiger partial charge on any atom is -0.658 e. The number of aryl methyl sites for hydroxylation is 1. The monoisotopic (exact) mass is 845 g/mol. The molecule has 14 heteroatoms. The number of benzene rings is 2. The van der Waals surface area contributed by atoms with Gasteiger partial charge in [0.25, 0.3) is 11.8 Å². The molecule has 0 spiro atoms. The van der Waals surface area contributed by atoms with Gasteiger partial charge in [0.05, 0.1) is 50.3 Å². The Kier molecular flexibility index (Phi) is 15.8. The fraction of sp³-hybridized carbons (Fsp3) is 0.415. The second-order valence-electron chi connectivity index (χ2n) is 13.7. The van der Waals surface area contributed by atoms with Crippen molar-refractivity contribution in [1.29, 1.82) is 0 Å². The van der Waals surface area contributed by atoms with Crippen LogP contribution >= 0.6 is 11.8 Å². The topological polar surface area (TPSA) is 141 Å². The smallest absolute Gasteiger partial charge is 0.260 e. The molecule has 291 valence electrons. The van der Waals surface area contributed by atoms with E-state index in [0.29, 0.717) is 72.4 Å². The summed E-state index contributed by atoms with van der Waals surface area (Å²) in [7, 11) is 1.54. The number of rotatable bonds is 13. The normalized spacial score (nSPS) is 19.7. The zero-order valence-corrected chi connectivity index (χ0v) is 36.1. The van der Waals surface area contributed by atoms with Crippen molar-refractivity contribution in [3.8, 4) is 17.2 Å². The quantitative estimate of drug-likeness (QED) is 0.161. The molecule has 2 aromatic rings. The zero-order valence-electron chi connectivity index (χ0n) is 32.4. The number of nitrogens with zero attached hydrogens (tertiary/aromatic N) is 4. The summed E-state index contributed by atoms with van der Waals surface area (Å²) in [6.07, 6.45) is 16.1. The van der Waals surface area contributed by atoms with Crippen molar-refractivity contribution < 1.29 is 71.1 Å². The van der Waals surface area contributed by atoms with Crippen LogP contribution in [0.4, 0.5) is 11.4 Å². The van der Waals surface area contributed by atoms with Crippen LogP contribution in [0.5, 0.6) is 17.2 Å². The van der Waals surface area contributed by atoms with Gasteiger partial charge in [-0.25, -0.2) is 0 Å². The van der Waals surface area contributed by atoms with E-state index in [0.717, 1.165) is 23.1 Å². The van der Waals surface area contributed by atoms with Crippen LogP contribution in [0.1, 0.15) is 73.2 Å². The fourth-order valence-corrected chi connectivity index (χ4v) is 6.52. The molecule has 0 aromatic heterocycles. The number of fused-ring (bicyclic) bond motifs is 4. The molecule has 0 fully saturated rings. The molecule has 0 saturated carbocycles. The Bertz CT molecular complexity index is 1890. The minimum absolute atomic E-state index is 0. The van der Waals surface area contributed by atoms with E-state index in [9.17, 15) is 19.5 Å². The Hall–Kier alpha value is -3.91. The summed E-state index contributed by atoms with van der Waals surface area (Å²) in [5.74, 6) is 1.22. The van der Waals surface area contributed by atoms with E-state index in [-0.39, 0.29) is 55.3 Å². The molecule has 1 radical (unpaired) electrons. The number of carbonyl (C=O) groups excluding carboxylic acids is 3. The van der Waals surface area contributed by atoms with Crippen LogP contribution in [0, 0.1) is 6.92 Å². The van der Waals surface area contributed by atoms with Crippen LogP contribution in [-0.2, 0) is 42.2 Å². The molecular formula is C41H48N4O8SY-2. The van der Waals surface area contributed by atoms with Gasteiger partial charge in [-0.3, -0.25) is 14.6 Å². The maximum Gasteiger partial charge on any atom is 0.260 e. The van der Waals surface area contributed by atoms with Crippen LogP contribution in [0.3, 0.4) is 0 Å². The van der Waals surface area contributed by atoms with Crippen molar-refractivity contribution in [3.05, 3.63) is 94.1 Å². The van der Waals surface area contributed by atoms with E-state index in [1.807, 2.05) is 77.6 Å². The van der Waals surface area contributed by atoms with Gasteiger partial charge in [-0.05, 0) is 88.6 Å². The average Bonchev–Trinajstić information content (AvgIpc) is 3.73. The molecular weight excluding hydrogens is 797 g/mol. The Morgan fingerprint density at radius 2 is 1.62 bits per heavy atom. The molecule has 4 aliphatic heterocycles. The fourth-order valence-electron chi connectivity index (χ4n) is 6.35. The number of methoxy groups -OCH3 is 1. The van der Waals surface area contributed by atoms with Gasteiger partial charge in [-0.2, -0.15) is 11.8 Å². The molecule has 0 bridgehead atoms. The van der Waals surface area contributed by atoms with E-state index in [1.165, 1.54) is 6.47 Å². The first-order chi connectivity index (χ1) is 25.9. The van der Waals surface area contributed by atoms with Crippen molar-refractivity contribution in [3.63, 3.8) is 0 Å². The largest absolute Gasteiger partial charge is 0.658 e. The molecule has 4 heterocycles. The predicted molar refractivity (Wildman–Crippen MR) is 211 cm³/mol. The van der Waals surface area contributed by atoms with Crippen molar-refractivity contribution >= 4 is 47.6 Å². The van der Waals surface area contributed by atoms with Crippen molar-refractivity contribution in [2.75, 3.05) is 33.2 Å². The maximum atomic E-state index is 13.4. The molecule has 12 nitrogen and oxygen atoms in total. The number of carbonyl (C=O) groups is 2. The van der Waals surface area contributed by atoms with Gasteiger partial charge >= 0.3 is 0 Å². The van der Waals surface area contributed by atoms with Crippen LogP contribution in [0.2, 0.25) is 0 Å². The number of hydrogen-bond acceptors (Lipinski definition) is 10. The first-order valence-electron chi connectivity index (χ1n) is 17.8. The second-order valence-corrected chi connectivity index (χ2v) is 15.3. The molecule has 1 N–H and O–H groups in total. The van der Waals surface area contributed by atoms with E-state index < -0.39 is 12.3 Å². The molecule has 2 amide bonds. The number of aliphatic imine (C=N–C) groups is 1. The van der Waals surface area contributed by atoms with Crippen LogP contribution < -0.4 is 14.2 Å². The van der Waals surface area contributed by atoms with Gasteiger partial charge < -0.3 is 44.0 Å². The molecule has 2 aromatic carbocycles. The van der Waals surface area contributed by atoms with Gasteiger partial charge in [-0.15, -0.1) is 5.69 Å². The number of ether oxygens (including phenoxy) is 4. The molecule has 55 heavy (non-hydrogen) atoms. The molecule has 0 saturated heterocycles. The van der Waals surface area contributed by atoms with E-state index in [1.54, 1.807) is 59.1 Å². The van der Waals surface area contributed by atoms with E-state index >= 15 is 0 Å². The first-order valence-corrected chi connectivity index (χ1v) is 19.1. The van der Waals surface area contributed by atoms with Crippen molar-refractivity contribution in [2.24, 2.45) is 4.99 Å². The molecule has 6 rings (SSSR count). The third-order valence-electron chi connectivity index (χ3n) is 9.32. The van der Waals surface area contributed by atoms with Gasteiger partial charge in [0.1, 0.15) is 5.75 Å². The zero-order chi connectivity index (χ0) is 39.0. The molecule has 3 atom stereocenters. The standard InChI is InChI=1S/C35H38N4O6.C6H11O2S.Y/c1-5-8-22-13-24-18-36-27-16-32(31(43-4)15-26(27)34(41)38(24)19-22)45-11-7-10-44-30-17-28-25(12-21(30)3)35(42)39-20-23(9-6-2)14-29(39)33(40)37-28;1-6(2,9-3)4-8-5-7;/h5-6,8-9,12,15-20,24,29,33,40H,7,10-11,13-14H2,1-4H3,(H,37,42);4H2,1-3H3;/q;-1;/p-1/b8-5+,9-6+;;/t24-,29-,33?;;/m0../s1. The van der Waals surface area contributed by atoms with E-state index in [2.05, 4.69) is 15.0 Å². The SMILES string of the molecule is C/C=C/C1=CN2C(=O)c3cc(OC)c(OCCCOc4cc5c(cc4C)C(=O)N4C=C(/C=C/C)C[C@H]4C(O)[N-]5)cc3N=C[C@@H]2C1.CSC(C)(C)CO[C-]=O.[Y]. The summed E-state index contributed by atoms with van der Waals surface area (Å²) >= 11 is 1.66. The number of amides is 2. The van der Waals surface area contributed by atoms with Gasteiger partial charge in [0, 0.05) is 80.3 Å². The molecule has 0 aliphatic carbocycles.